The molecule has 1 rings (SSSR count). The van der Waals surface area contributed by atoms with Crippen LogP contribution >= 0.6 is 11.3 Å². The predicted octanol–water partition coefficient (Wildman–Crippen LogP) is 1.56. The Bertz CT molecular complexity index is 394. The van der Waals surface area contributed by atoms with Crippen molar-refractivity contribution in [3.8, 4) is 6.07 Å². The molecule has 0 spiro atoms. The molecule has 1 amide bonds. The average molecular weight is 223 g/mol. The van der Waals surface area contributed by atoms with Crippen LogP contribution in [0, 0.1) is 17.2 Å². The van der Waals surface area contributed by atoms with E-state index >= 15 is 0 Å². The minimum absolute atomic E-state index is 0.121. The topological polar surface area (TPSA) is 70.1 Å². The van der Waals surface area contributed by atoms with Gasteiger partial charge in [-0.05, 0) is 18.4 Å². The zero-order chi connectivity index (χ0) is 11.4. The summed E-state index contributed by atoms with van der Waals surface area (Å²) >= 11 is 1.32. The highest BCUT2D eigenvalue weighted by atomic mass is 32.1. The molecule has 2 N–H and O–H groups in total. The maximum Gasteiger partial charge on any atom is 0.265 e. The van der Waals surface area contributed by atoms with Crippen LogP contribution in [-0.2, 0) is 0 Å². The summed E-state index contributed by atoms with van der Waals surface area (Å²) in [5.41, 5.74) is 6.14. The number of rotatable bonds is 3. The maximum atomic E-state index is 11.8. The van der Waals surface area contributed by atoms with Crippen molar-refractivity contribution in [3.63, 3.8) is 0 Å². The number of amides is 1. The van der Waals surface area contributed by atoms with E-state index in [4.69, 9.17) is 11.0 Å². The summed E-state index contributed by atoms with van der Waals surface area (Å²) in [4.78, 5) is 13.9. The molecule has 5 heteroatoms. The summed E-state index contributed by atoms with van der Waals surface area (Å²) in [5.74, 6) is -0.287. The highest BCUT2D eigenvalue weighted by Crippen LogP contribution is 2.20. The van der Waals surface area contributed by atoms with Gasteiger partial charge in [-0.15, -0.1) is 11.3 Å². The molecule has 0 aromatic carbocycles. The molecular weight excluding hydrogens is 210 g/mol. The monoisotopic (exact) mass is 223 g/mol. The van der Waals surface area contributed by atoms with E-state index in [0.717, 1.165) is 0 Å². The number of carbonyl (C=O) groups excluding carboxylic acids is 1. The molecule has 1 aromatic heterocycles. The number of nitrogens with zero attached hydrogens (tertiary/aromatic N) is 2. The van der Waals surface area contributed by atoms with Crippen molar-refractivity contribution in [2.75, 3.05) is 19.3 Å². The quantitative estimate of drug-likeness (QED) is 0.845. The highest BCUT2D eigenvalue weighted by molar-refractivity contribution is 7.12. The van der Waals surface area contributed by atoms with Crippen LogP contribution in [0.15, 0.2) is 11.4 Å². The van der Waals surface area contributed by atoms with Crippen molar-refractivity contribution in [2.45, 2.75) is 6.92 Å². The van der Waals surface area contributed by atoms with Gasteiger partial charge >= 0.3 is 0 Å². The molecule has 15 heavy (non-hydrogen) atoms. The summed E-state index contributed by atoms with van der Waals surface area (Å²) < 4.78 is 0. The van der Waals surface area contributed by atoms with Crippen molar-refractivity contribution in [3.05, 3.63) is 16.3 Å². The molecule has 0 bridgehead atoms. The van der Waals surface area contributed by atoms with E-state index in [1.165, 1.54) is 16.2 Å². The van der Waals surface area contributed by atoms with Crippen LogP contribution < -0.4 is 5.73 Å². The molecule has 0 saturated carbocycles. The van der Waals surface area contributed by atoms with Gasteiger partial charge in [0.15, 0.2) is 0 Å². The first-order chi connectivity index (χ1) is 7.06. The Hall–Kier alpha value is -1.54. The van der Waals surface area contributed by atoms with E-state index in [1.54, 1.807) is 25.4 Å². The largest absolute Gasteiger partial charge is 0.397 e. The molecule has 0 saturated heterocycles. The maximum absolute atomic E-state index is 11.8. The SMILES string of the molecule is CC(C#N)CN(C)C(=O)c1sccc1N. The Balaban J connectivity index is 2.70. The lowest BCUT2D eigenvalue weighted by molar-refractivity contribution is 0.0791. The summed E-state index contributed by atoms with van der Waals surface area (Å²) in [6.07, 6.45) is 0. The zero-order valence-electron chi connectivity index (χ0n) is 8.73. The third-order valence-electron chi connectivity index (χ3n) is 2.00. The number of hydrogen-bond acceptors (Lipinski definition) is 4. The molecule has 0 aliphatic heterocycles. The molecule has 0 aliphatic carbocycles. The van der Waals surface area contributed by atoms with Crippen LogP contribution in [0.4, 0.5) is 5.69 Å². The van der Waals surface area contributed by atoms with E-state index in [1.807, 2.05) is 0 Å². The lowest BCUT2D eigenvalue weighted by Gasteiger charge is -2.17. The number of anilines is 1. The molecule has 1 heterocycles. The molecular formula is C10H13N3OS. The van der Waals surface area contributed by atoms with Gasteiger partial charge in [-0.2, -0.15) is 5.26 Å². The first-order valence-electron chi connectivity index (χ1n) is 4.54. The van der Waals surface area contributed by atoms with Crippen LogP contribution in [0.25, 0.3) is 0 Å². The van der Waals surface area contributed by atoms with Crippen LogP contribution in [0.3, 0.4) is 0 Å². The lowest BCUT2D eigenvalue weighted by atomic mass is 10.2. The second-order valence-electron chi connectivity index (χ2n) is 3.42. The fraction of sp³-hybridized carbons (Fsp3) is 0.400. The minimum atomic E-state index is -0.167. The van der Waals surface area contributed by atoms with Gasteiger partial charge in [0.1, 0.15) is 4.88 Å². The molecule has 0 fully saturated rings. The predicted molar refractivity (Wildman–Crippen MR) is 60.5 cm³/mol. The van der Waals surface area contributed by atoms with Gasteiger partial charge in [-0.1, -0.05) is 0 Å². The molecule has 1 unspecified atom stereocenters. The Morgan fingerprint density at radius 3 is 2.93 bits per heavy atom. The van der Waals surface area contributed by atoms with E-state index in [-0.39, 0.29) is 11.8 Å². The molecule has 1 atom stereocenters. The van der Waals surface area contributed by atoms with Gasteiger partial charge in [0.25, 0.3) is 5.91 Å². The van der Waals surface area contributed by atoms with Crippen LogP contribution in [0.5, 0.6) is 0 Å². The first kappa shape index (κ1) is 11.5. The third-order valence-corrected chi connectivity index (χ3v) is 2.92. The normalized spacial score (nSPS) is 11.8. The molecule has 1 aromatic rings. The second kappa shape index (κ2) is 4.80. The highest BCUT2D eigenvalue weighted by Gasteiger charge is 2.17. The van der Waals surface area contributed by atoms with Gasteiger partial charge in [-0.3, -0.25) is 4.79 Å². The fourth-order valence-electron chi connectivity index (χ4n) is 1.20. The van der Waals surface area contributed by atoms with Crippen LogP contribution in [0.2, 0.25) is 0 Å². The second-order valence-corrected chi connectivity index (χ2v) is 4.34. The van der Waals surface area contributed by atoms with Crippen molar-refractivity contribution in [1.29, 1.82) is 5.26 Å². The van der Waals surface area contributed by atoms with E-state index in [2.05, 4.69) is 6.07 Å². The van der Waals surface area contributed by atoms with Crippen molar-refractivity contribution in [2.24, 2.45) is 5.92 Å². The van der Waals surface area contributed by atoms with Crippen molar-refractivity contribution < 1.29 is 4.79 Å². The number of hydrogen-bond donors (Lipinski definition) is 1. The minimum Gasteiger partial charge on any atom is -0.397 e. The van der Waals surface area contributed by atoms with Gasteiger partial charge in [0.2, 0.25) is 0 Å². The van der Waals surface area contributed by atoms with Gasteiger partial charge in [0, 0.05) is 13.6 Å². The number of nitrogens with two attached hydrogens (primary N) is 1. The number of nitriles is 1. The standard InChI is InChI=1S/C10H13N3OS/c1-7(5-11)6-13(2)10(14)9-8(12)3-4-15-9/h3-4,7H,6,12H2,1-2H3. The zero-order valence-corrected chi connectivity index (χ0v) is 9.54. The number of thiophene rings is 1. The summed E-state index contributed by atoms with van der Waals surface area (Å²) in [6, 6.07) is 3.80. The molecule has 0 radical (unpaired) electrons. The van der Waals surface area contributed by atoms with Gasteiger partial charge in [0.05, 0.1) is 17.7 Å². The Morgan fingerprint density at radius 1 is 1.80 bits per heavy atom. The van der Waals surface area contributed by atoms with Crippen molar-refractivity contribution in [1.82, 2.24) is 4.90 Å². The Kier molecular flexibility index (Phi) is 3.69. The smallest absolute Gasteiger partial charge is 0.265 e. The summed E-state index contributed by atoms with van der Waals surface area (Å²) in [6.45, 7) is 2.20. The van der Waals surface area contributed by atoms with Crippen LogP contribution in [0.1, 0.15) is 16.6 Å². The Morgan fingerprint density at radius 2 is 2.47 bits per heavy atom. The first-order valence-corrected chi connectivity index (χ1v) is 5.42. The number of carbonyl (C=O) groups is 1. The van der Waals surface area contributed by atoms with Crippen LogP contribution in [-0.4, -0.2) is 24.4 Å². The molecule has 4 nitrogen and oxygen atoms in total. The number of nitrogen functional groups attached to an aromatic ring is 1. The van der Waals surface area contributed by atoms with E-state index in [9.17, 15) is 4.79 Å². The average Bonchev–Trinajstić information content (AvgIpc) is 2.63. The van der Waals surface area contributed by atoms with Gasteiger partial charge < -0.3 is 10.6 Å². The lowest BCUT2D eigenvalue weighted by Crippen LogP contribution is -2.30. The third kappa shape index (κ3) is 2.70. The summed E-state index contributed by atoms with van der Waals surface area (Å²) in [5, 5.41) is 10.4. The Labute approximate surface area is 92.9 Å². The molecule has 0 aliphatic rings. The van der Waals surface area contributed by atoms with E-state index < -0.39 is 0 Å². The van der Waals surface area contributed by atoms with E-state index in [0.29, 0.717) is 17.1 Å². The fourth-order valence-corrected chi connectivity index (χ4v) is 2.01. The molecule has 80 valence electrons. The van der Waals surface area contributed by atoms with Crippen molar-refractivity contribution >= 4 is 22.9 Å². The van der Waals surface area contributed by atoms with Gasteiger partial charge in [-0.25, -0.2) is 0 Å². The summed E-state index contributed by atoms with van der Waals surface area (Å²) in [7, 11) is 1.68.